The number of nitrogens with one attached hydrogen (secondary N) is 1. The summed E-state index contributed by atoms with van der Waals surface area (Å²) >= 11 is 11.5. The lowest BCUT2D eigenvalue weighted by atomic mass is 9.81. The van der Waals surface area contributed by atoms with Gasteiger partial charge in [-0.1, -0.05) is 0 Å². The third-order valence-corrected chi connectivity index (χ3v) is 2.19. The minimum Gasteiger partial charge on any atom is -0.376 e. The summed E-state index contributed by atoms with van der Waals surface area (Å²) < 4.78 is 3.41. The maximum atomic E-state index is 5.80. The Hall–Kier alpha value is 0.655. The summed E-state index contributed by atoms with van der Waals surface area (Å²) in [4.78, 5) is 0. The Balaban J connectivity index is 2.41. The largest absolute Gasteiger partial charge is 0.412 e. The van der Waals surface area contributed by atoms with E-state index in [4.69, 9.17) is 23.2 Å². The zero-order valence-electron chi connectivity index (χ0n) is 5.14. The van der Waals surface area contributed by atoms with Crippen molar-refractivity contribution >= 4 is 44.7 Å². The Morgan fingerprint density at radius 1 is 1.56 bits per heavy atom. The van der Waals surface area contributed by atoms with Crippen LogP contribution in [0.4, 0.5) is 0 Å². The fraction of sp³-hybridized carbons (Fsp3) is 1.00. The van der Waals surface area contributed by atoms with Crippen LogP contribution in [-0.4, -0.2) is 37.5 Å². The molecule has 0 atom stereocenters. The third kappa shape index (κ3) is 1.78. The molecule has 1 rings (SSSR count). The minimum atomic E-state index is -0.187. The Labute approximate surface area is 66.4 Å². The molecule has 0 unspecified atom stereocenters. The van der Waals surface area contributed by atoms with Crippen LogP contribution < -0.4 is 5.14 Å². The number of hydrogen-bond acceptors (Lipinski definition) is 3. The van der Waals surface area contributed by atoms with Gasteiger partial charge in [0, 0.05) is 0 Å². The van der Waals surface area contributed by atoms with E-state index < -0.39 is 0 Å². The van der Waals surface area contributed by atoms with Crippen molar-refractivity contribution in [3.05, 3.63) is 0 Å². The van der Waals surface area contributed by atoms with E-state index in [1.165, 1.54) is 4.24 Å². The molecule has 0 aromatic carbocycles. The van der Waals surface area contributed by atoms with Gasteiger partial charge in [-0.15, -0.1) is 11.5 Å². The van der Waals surface area contributed by atoms with Crippen molar-refractivity contribution in [2.75, 3.05) is 7.05 Å². The molecular weight excluding hydrogens is 157 g/mol. The second-order valence-corrected chi connectivity index (χ2v) is 2.86. The van der Waals surface area contributed by atoms with Gasteiger partial charge < -0.3 is 9.86 Å². The van der Waals surface area contributed by atoms with Gasteiger partial charge in [0.25, 0.3) is 15.1 Å². The lowest BCUT2D eigenvalue weighted by Gasteiger charge is -2.29. The molecule has 1 N–H and O–H groups in total. The van der Waals surface area contributed by atoms with Gasteiger partial charge in [0.1, 0.15) is 0 Å². The molecule has 0 spiro atoms. The van der Waals surface area contributed by atoms with E-state index in [9.17, 15) is 0 Å². The van der Waals surface area contributed by atoms with Gasteiger partial charge in [-0.25, -0.2) is 0 Å². The molecule has 9 heavy (non-hydrogen) atoms. The minimum absolute atomic E-state index is 0.187. The van der Waals surface area contributed by atoms with Crippen molar-refractivity contribution in [1.82, 2.24) is 14.1 Å². The smallest absolute Gasteiger partial charge is 0.376 e. The first-order chi connectivity index (χ1) is 4.22. The van der Waals surface area contributed by atoms with E-state index in [1.807, 2.05) is 11.8 Å². The SMILES string of the molecule is CN1BNBN(Cl)B1Cl. The van der Waals surface area contributed by atoms with Crippen LogP contribution in [-0.2, 0) is 0 Å². The fourth-order valence-electron chi connectivity index (χ4n) is 0.698. The topological polar surface area (TPSA) is 18.5 Å². The lowest BCUT2D eigenvalue weighted by Crippen LogP contribution is -2.59. The van der Waals surface area contributed by atoms with Crippen molar-refractivity contribution < 1.29 is 0 Å². The molecule has 3 nitrogen and oxygen atoms in total. The Morgan fingerprint density at radius 3 is 2.67 bits per heavy atom. The van der Waals surface area contributed by atoms with E-state index in [-0.39, 0.29) is 6.40 Å². The first-order valence-electron chi connectivity index (χ1n) is 2.69. The van der Waals surface area contributed by atoms with Gasteiger partial charge in [0.2, 0.25) is 0 Å². The van der Waals surface area contributed by atoms with Crippen LogP contribution in [0, 0.1) is 0 Å². The second kappa shape index (κ2) is 3.17. The predicted octanol–water partition coefficient (Wildman–Crippen LogP) is -1.27. The van der Waals surface area contributed by atoms with Crippen LogP contribution in [0.25, 0.3) is 0 Å². The highest BCUT2D eigenvalue weighted by atomic mass is 35.5. The molecule has 0 amide bonds. The number of rotatable bonds is 0. The van der Waals surface area contributed by atoms with E-state index in [1.54, 1.807) is 0 Å². The number of nitrogens with zero attached hydrogens (tertiary/aromatic N) is 2. The highest BCUT2D eigenvalue weighted by molar-refractivity contribution is 7.10. The Kier molecular flexibility index (Phi) is 2.73. The average molecular weight is 163 g/mol. The van der Waals surface area contributed by atoms with Gasteiger partial charge in [0.15, 0.2) is 0 Å². The zero-order valence-corrected chi connectivity index (χ0v) is 6.65. The first-order valence-corrected chi connectivity index (χ1v) is 3.46. The maximum absolute atomic E-state index is 5.80. The van der Waals surface area contributed by atoms with Gasteiger partial charge in [-0.3, -0.25) is 4.24 Å². The van der Waals surface area contributed by atoms with Gasteiger partial charge in [-0.05, 0) is 18.8 Å². The Morgan fingerprint density at radius 2 is 2.22 bits per heavy atom. The fourth-order valence-corrected chi connectivity index (χ4v) is 1.07. The second-order valence-electron chi connectivity index (χ2n) is 2.03. The molecular formula is CH6B3Cl2N3. The summed E-state index contributed by atoms with van der Waals surface area (Å²) in [5.41, 5.74) is 0. The predicted molar refractivity (Wildman–Crippen MR) is 44.5 cm³/mol. The van der Waals surface area contributed by atoms with Crippen LogP contribution in [0.2, 0.25) is 0 Å². The van der Waals surface area contributed by atoms with Gasteiger partial charge in [0.05, 0.1) is 0 Å². The third-order valence-electron chi connectivity index (χ3n) is 1.22. The van der Waals surface area contributed by atoms with E-state index in [0.29, 0.717) is 7.55 Å². The quantitative estimate of drug-likeness (QED) is 0.355. The van der Waals surface area contributed by atoms with Crippen molar-refractivity contribution in [3.8, 4) is 0 Å². The van der Waals surface area contributed by atoms with E-state index in [2.05, 4.69) is 5.14 Å². The molecule has 1 fully saturated rings. The molecule has 1 aliphatic rings. The van der Waals surface area contributed by atoms with Crippen LogP contribution in [0.1, 0.15) is 0 Å². The summed E-state index contributed by atoms with van der Waals surface area (Å²) in [6, 6.07) is 0. The van der Waals surface area contributed by atoms with E-state index >= 15 is 0 Å². The molecule has 48 valence electrons. The molecule has 0 aromatic rings. The normalized spacial score (nSPS) is 23.2. The van der Waals surface area contributed by atoms with Crippen LogP contribution >= 0.6 is 23.2 Å². The van der Waals surface area contributed by atoms with Crippen LogP contribution in [0.15, 0.2) is 0 Å². The summed E-state index contributed by atoms with van der Waals surface area (Å²) in [6.07, 6.45) is -0.187. The Bertz CT molecular complexity index is 93.1. The van der Waals surface area contributed by atoms with E-state index in [0.717, 1.165) is 7.55 Å². The monoisotopic (exact) mass is 163 g/mol. The summed E-state index contributed by atoms with van der Waals surface area (Å²) in [5.74, 6) is 0. The molecule has 0 radical (unpaired) electrons. The molecule has 1 saturated heterocycles. The van der Waals surface area contributed by atoms with Crippen molar-refractivity contribution in [2.45, 2.75) is 0 Å². The average Bonchev–Trinajstić information content (AvgIpc) is 1.83. The standard InChI is InChI=1S/CH6B3Cl2N3/c1-8-2-7-3-9(6)4(8)5/h2-3,7H,1H3. The highest BCUT2D eigenvalue weighted by Gasteiger charge is 2.29. The lowest BCUT2D eigenvalue weighted by molar-refractivity contribution is 0.754. The number of hydrogen-bond donors (Lipinski definition) is 1. The zero-order chi connectivity index (χ0) is 6.85. The van der Waals surface area contributed by atoms with Crippen molar-refractivity contribution in [2.24, 2.45) is 0 Å². The van der Waals surface area contributed by atoms with Crippen molar-refractivity contribution in [1.29, 1.82) is 0 Å². The molecule has 0 saturated carbocycles. The van der Waals surface area contributed by atoms with Gasteiger partial charge >= 0.3 is 6.40 Å². The number of halogens is 2. The molecule has 1 heterocycles. The first kappa shape index (κ1) is 7.76. The summed E-state index contributed by atoms with van der Waals surface area (Å²) in [6.45, 7) is 0. The van der Waals surface area contributed by atoms with Gasteiger partial charge in [-0.2, -0.15) is 0 Å². The highest BCUT2D eigenvalue weighted by Crippen LogP contribution is 2.06. The summed E-state index contributed by atoms with van der Waals surface area (Å²) in [7, 11) is 3.33. The molecule has 8 heteroatoms. The molecule has 0 aliphatic carbocycles. The maximum Gasteiger partial charge on any atom is 0.412 e. The van der Waals surface area contributed by atoms with Crippen LogP contribution in [0.3, 0.4) is 0 Å². The molecule has 0 bridgehead atoms. The summed E-state index contributed by atoms with van der Waals surface area (Å²) in [5, 5.41) is 3.05. The molecule has 1 aliphatic heterocycles. The van der Waals surface area contributed by atoms with Crippen molar-refractivity contribution in [3.63, 3.8) is 0 Å². The van der Waals surface area contributed by atoms with Crippen LogP contribution in [0.5, 0.6) is 0 Å². The molecule has 0 aromatic heterocycles.